The number of rotatable bonds is 6. The number of nitro benzene ring substituents is 2. The fourth-order valence-electron chi connectivity index (χ4n) is 1.79. The van der Waals surface area contributed by atoms with E-state index in [1.807, 2.05) is 0 Å². The van der Waals surface area contributed by atoms with Crippen LogP contribution in [-0.2, 0) is 4.79 Å². The number of hydrogen-bond donors (Lipinski definition) is 2. The zero-order valence-corrected chi connectivity index (χ0v) is 13.8. The second-order valence-corrected chi connectivity index (χ2v) is 5.04. The van der Waals surface area contributed by atoms with Crippen LogP contribution in [0.3, 0.4) is 0 Å². The van der Waals surface area contributed by atoms with Crippen LogP contribution in [0.1, 0.15) is 12.8 Å². The molecule has 0 heterocycles. The third-order valence-electron chi connectivity index (χ3n) is 3.00. The summed E-state index contributed by atoms with van der Waals surface area (Å²) in [6.07, 6.45) is 2.56. The Bertz CT molecular complexity index is 807. The maximum atomic E-state index is 11.3. The minimum atomic E-state index is -0.501. The van der Waals surface area contributed by atoms with E-state index in [9.17, 15) is 25.0 Å². The number of nitrogens with zero attached hydrogens (tertiary/aromatic N) is 2. The van der Waals surface area contributed by atoms with Crippen LogP contribution in [0.5, 0.6) is 0 Å². The first-order valence-electron chi connectivity index (χ1n) is 7.48. The van der Waals surface area contributed by atoms with E-state index in [-0.39, 0.29) is 17.3 Å². The van der Waals surface area contributed by atoms with Gasteiger partial charge in [-0.2, -0.15) is 0 Å². The predicted molar refractivity (Wildman–Crippen MR) is 98.7 cm³/mol. The van der Waals surface area contributed by atoms with E-state index in [4.69, 9.17) is 5.73 Å². The Kier molecular flexibility index (Phi) is 7.95. The lowest BCUT2D eigenvalue weighted by atomic mass is 10.2. The molecule has 0 radical (unpaired) electrons. The highest BCUT2D eigenvalue weighted by Gasteiger charge is 2.07. The largest absolute Gasteiger partial charge is 0.399 e. The molecule has 26 heavy (non-hydrogen) atoms. The first-order chi connectivity index (χ1) is 12.3. The van der Waals surface area contributed by atoms with Crippen molar-refractivity contribution in [2.24, 2.45) is 0 Å². The third kappa shape index (κ3) is 7.21. The molecule has 0 unspecified atom stereocenters. The summed E-state index contributed by atoms with van der Waals surface area (Å²) in [5.74, 6) is -0.180. The lowest BCUT2D eigenvalue weighted by Gasteiger charge is -2.03. The molecule has 0 spiro atoms. The maximum absolute atomic E-state index is 11.3. The third-order valence-corrected chi connectivity index (χ3v) is 3.00. The van der Waals surface area contributed by atoms with Crippen LogP contribution in [0.4, 0.5) is 22.7 Å². The summed E-state index contributed by atoms with van der Waals surface area (Å²) in [5.41, 5.74) is 6.12. The van der Waals surface area contributed by atoms with E-state index in [1.165, 1.54) is 30.3 Å². The van der Waals surface area contributed by atoms with E-state index >= 15 is 0 Å². The van der Waals surface area contributed by atoms with Gasteiger partial charge in [0.2, 0.25) is 5.91 Å². The van der Waals surface area contributed by atoms with Crippen LogP contribution in [0.25, 0.3) is 0 Å². The van der Waals surface area contributed by atoms with Gasteiger partial charge < -0.3 is 11.1 Å². The minimum Gasteiger partial charge on any atom is -0.399 e. The Labute approximate surface area is 149 Å². The molecule has 3 N–H and O–H groups in total. The number of nitro groups is 2. The van der Waals surface area contributed by atoms with E-state index in [1.54, 1.807) is 24.3 Å². The van der Waals surface area contributed by atoms with Crippen molar-refractivity contribution in [3.63, 3.8) is 0 Å². The molecular weight excluding hydrogens is 340 g/mol. The molecule has 0 aliphatic carbocycles. The first-order valence-corrected chi connectivity index (χ1v) is 7.48. The van der Waals surface area contributed by atoms with Crippen LogP contribution in [-0.4, -0.2) is 15.8 Å². The Balaban J connectivity index is 0.000000289. The fourth-order valence-corrected chi connectivity index (χ4v) is 1.79. The summed E-state index contributed by atoms with van der Waals surface area (Å²) in [7, 11) is 0. The zero-order valence-electron chi connectivity index (χ0n) is 13.8. The van der Waals surface area contributed by atoms with Crippen molar-refractivity contribution < 1.29 is 14.6 Å². The van der Waals surface area contributed by atoms with Crippen LogP contribution >= 0.6 is 0 Å². The molecule has 0 saturated heterocycles. The molecule has 0 fully saturated rings. The zero-order chi connectivity index (χ0) is 19.5. The number of allylic oxidation sites excluding steroid dienone is 1. The van der Waals surface area contributed by atoms with Gasteiger partial charge in [0.1, 0.15) is 0 Å². The summed E-state index contributed by atoms with van der Waals surface area (Å²) in [6.45, 7) is 3.51. The number of non-ortho nitro benzene ring substituents is 2. The van der Waals surface area contributed by atoms with Gasteiger partial charge in [0.15, 0.2) is 0 Å². The normalized spacial score (nSPS) is 9.38. The molecule has 1 amide bonds. The van der Waals surface area contributed by atoms with Crippen LogP contribution in [0.2, 0.25) is 0 Å². The SMILES string of the molecule is C=CCCC(=O)Nc1cccc([N+](=O)[O-])c1.Nc1cccc([N+](=O)[O-])c1. The highest BCUT2D eigenvalue weighted by Crippen LogP contribution is 2.17. The van der Waals surface area contributed by atoms with E-state index < -0.39 is 9.85 Å². The van der Waals surface area contributed by atoms with Gasteiger partial charge in [0, 0.05) is 42.1 Å². The molecular formula is C17H18N4O5. The van der Waals surface area contributed by atoms with Gasteiger partial charge in [-0.05, 0) is 18.6 Å². The van der Waals surface area contributed by atoms with Gasteiger partial charge in [-0.1, -0.05) is 18.2 Å². The smallest absolute Gasteiger partial charge is 0.271 e. The number of carbonyl (C=O) groups excluding carboxylic acids is 1. The van der Waals surface area contributed by atoms with Crippen molar-refractivity contribution in [1.82, 2.24) is 0 Å². The summed E-state index contributed by atoms with van der Waals surface area (Å²) in [4.78, 5) is 30.9. The number of anilines is 2. The topological polar surface area (TPSA) is 141 Å². The Morgan fingerprint density at radius 2 is 1.65 bits per heavy atom. The van der Waals surface area contributed by atoms with Gasteiger partial charge in [0.05, 0.1) is 9.85 Å². The fraction of sp³-hybridized carbons (Fsp3) is 0.118. The standard InChI is InChI=1S/C11H12N2O3.C6H6N2O2/c1-2-3-7-11(14)12-9-5-4-6-10(8-9)13(15)16;7-5-2-1-3-6(4-5)8(9)10/h2,4-6,8H,1,3,7H2,(H,12,14);1-4H,7H2. The monoisotopic (exact) mass is 358 g/mol. The maximum Gasteiger partial charge on any atom is 0.271 e. The second-order valence-electron chi connectivity index (χ2n) is 5.04. The van der Waals surface area contributed by atoms with Crippen LogP contribution in [0, 0.1) is 20.2 Å². The molecule has 9 nitrogen and oxygen atoms in total. The second kappa shape index (κ2) is 10.2. The molecule has 2 aromatic rings. The van der Waals surface area contributed by atoms with Crippen molar-refractivity contribution in [3.05, 3.63) is 81.4 Å². The molecule has 2 rings (SSSR count). The number of amides is 1. The number of nitrogens with two attached hydrogens (primary N) is 1. The lowest BCUT2D eigenvalue weighted by molar-refractivity contribution is -0.385. The number of nitrogen functional groups attached to an aromatic ring is 1. The summed E-state index contributed by atoms with van der Waals surface area (Å²) >= 11 is 0. The Hall–Kier alpha value is -3.75. The molecule has 0 aliphatic rings. The van der Waals surface area contributed by atoms with Crippen LogP contribution in [0.15, 0.2) is 61.2 Å². The van der Waals surface area contributed by atoms with Crippen molar-refractivity contribution >= 4 is 28.7 Å². The predicted octanol–water partition coefficient (Wildman–Crippen LogP) is 3.68. The van der Waals surface area contributed by atoms with Crippen molar-refractivity contribution in [3.8, 4) is 0 Å². The van der Waals surface area contributed by atoms with E-state index in [0.717, 1.165) is 0 Å². The summed E-state index contributed by atoms with van der Waals surface area (Å²) in [5, 5.41) is 23.2. The number of benzene rings is 2. The quantitative estimate of drug-likeness (QED) is 0.349. The molecule has 0 aliphatic heterocycles. The average molecular weight is 358 g/mol. The van der Waals surface area contributed by atoms with Gasteiger partial charge in [-0.15, -0.1) is 6.58 Å². The molecule has 0 atom stereocenters. The van der Waals surface area contributed by atoms with Crippen LogP contribution < -0.4 is 11.1 Å². The lowest BCUT2D eigenvalue weighted by Crippen LogP contribution is -2.10. The Morgan fingerprint density at radius 1 is 1.08 bits per heavy atom. The number of carbonyl (C=O) groups is 1. The highest BCUT2D eigenvalue weighted by molar-refractivity contribution is 5.91. The molecule has 0 saturated carbocycles. The summed E-state index contributed by atoms with van der Waals surface area (Å²) in [6, 6.07) is 11.7. The minimum absolute atomic E-state index is 0.0278. The van der Waals surface area contributed by atoms with E-state index in [0.29, 0.717) is 24.2 Å². The average Bonchev–Trinajstić information content (AvgIpc) is 2.60. The molecule has 136 valence electrons. The Morgan fingerprint density at radius 3 is 2.15 bits per heavy atom. The van der Waals surface area contributed by atoms with Gasteiger partial charge in [-0.3, -0.25) is 25.0 Å². The van der Waals surface area contributed by atoms with Crippen molar-refractivity contribution in [1.29, 1.82) is 0 Å². The molecule has 2 aromatic carbocycles. The number of hydrogen-bond acceptors (Lipinski definition) is 6. The first kappa shape index (κ1) is 20.3. The van der Waals surface area contributed by atoms with Gasteiger partial charge in [-0.25, -0.2) is 0 Å². The van der Waals surface area contributed by atoms with Crippen molar-refractivity contribution in [2.75, 3.05) is 11.1 Å². The highest BCUT2D eigenvalue weighted by atomic mass is 16.6. The van der Waals surface area contributed by atoms with Gasteiger partial charge in [0.25, 0.3) is 11.4 Å². The molecule has 0 bridgehead atoms. The molecule has 0 aromatic heterocycles. The van der Waals surface area contributed by atoms with Crippen molar-refractivity contribution in [2.45, 2.75) is 12.8 Å². The number of nitrogens with one attached hydrogen (secondary N) is 1. The molecule has 9 heteroatoms. The van der Waals surface area contributed by atoms with E-state index in [2.05, 4.69) is 11.9 Å². The van der Waals surface area contributed by atoms with Gasteiger partial charge >= 0.3 is 0 Å². The summed E-state index contributed by atoms with van der Waals surface area (Å²) < 4.78 is 0.